The van der Waals surface area contributed by atoms with Crippen molar-refractivity contribution in [3.8, 4) is 0 Å². The minimum atomic E-state index is 0.106. The first-order valence-corrected chi connectivity index (χ1v) is 7.91. The van der Waals surface area contributed by atoms with Gasteiger partial charge in [-0.05, 0) is 61.8 Å². The van der Waals surface area contributed by atoms with E-state index in [-0.39, 0.29) is 11.9 Å². The monoisotopic (exact) mass is 272 g/mol. The molecule has 1 aromatic carbocycles. The normalized spacial score (nSPS) is 25.2. The number of amides is 1. The molecule has 20 heavy (non-hydrogen) atoms. The Balaban J connectivity index is 1.75. The summed E-state index contributed by atoms with van der Waals surface area (Å²) in [5, 5.41) is 3.25. The van der Waals surface area contributed by atoms with E-state index in [9.17, 15) is 4.79 Å². The molecule has 3 nitrogen and oxygen atoms in total. The molecule has 2 aliphatic carbocycles. The molecule has 1 aromatic rings. The van der Waals surface area contributed by atoms with E-state index in [1.54, 1.807) is 0 Å². The van der Waals surface area contributed by atoms with Crippen LogP contribution in [-0.2, 0) is 12.8 Å². The van der Waals surface area contributed by atoms with E-state index in [0.717, 1.165) is 31.2 Å². The standard InChI is InChI=1S/C17H24N2O/c18-11-13-5-1-2-10-16(13)19-17(20)15-9-4-7-12-6-3-8-14(12)15/h4,7,9,13,16H,1-3,5-6,8,10-11,18H2,(H,19,20). The average Bonchev–Trinajstić information content (AvgIpc) is 2.96. The van der Waals surface area contributed by atoms with Gasteiger partial charge in [0.1, 0.15) is 0 Å². The Hall–Kier alpha value is -1.35. The third kappa shape index (κ3) is 2.59. The summed E-state index contributed by atoms with van der Waals surface area (Å²) in [6, 6.07) is 6.40. The second-order valence-corrected chi connectivity index (χ2v) is 6.16. The molecule has 3 rings (SSSR count). The summed E-state index contributed by atoms with van der Waals surface area (Å²) in [4.78, 5) is 12.6. The lowest BCUT2D eigenvalue weighted by molar-refractivity contribution is 0.0907. The molecule has 0 bridgehead atoms. The predicted octanol–water partition coefficient (Wildman–Crippen LogP) is 2.42. The predicted molar refractivity (Wildman–Crippen MR) is 80.7 cm³/mol. The van der Waals surface area contributed by atoms with Crippen molar-refractivity contribution in [2.45, 2.75) is 51.0 Å². The maximum Gasteiger partial charge on any atom is 0.251 e. The molecule has 1 fully saturated rings. The van der Waals surface area contributed by atoms with Crippen molar-refractivity contribution < 1.29 is 4.79 Å². The Morgan fingerprint density at radius 2 is 2.05 bits per heavy atom. The summed E-state index contributed by atoms with van der Waals surface area (Å²) in [6.45, 7) is 0.678. The van der Waals surface area contributed by atoms with Gasteiger partial charge in [0.2, 0.25) is 0 Å². The molecular weight excluding hydrogens is 248 g/mol. The number of carbonyl (C=O) groups excluding carboxylic acids is 1. The number of benzene rings is 1. The second-order valence-electron chi connectivity index (χ2n) is 6.16. The van der Waals surface area contributed by atoms with Gasteiger partial charge in [0, 0.05) is 11.6 Å². The lowest BCUT2D eigenvalue weighted by Gasteiger charge is -2.31. The van der Waals surface area contributed by atoms with Gasteiger partial charge in [-0.3, -0.25) is 4.79 Å². The highest BCUT2D eigenvalue weighted by atomic mass is 16.1. The molecule has 1 saturated carbocycles. The molecule has 0 aromatic heterocycles. The summed E-state index contributed by atoms with van der Waals surface area (Å²) >= 11 is 0. The van der Waals surface area contributed by atoms with E-state index in [1.165, 1.54) is 30.4 Å². The first-order chi connectivity index (χ1) is 9.79. The second kappa shape index (κ2) is 5.96. The average molecular weight is 272 g/mol. The molecule has 0 radical (unpaired) electrons. The Kier molecular flexibility index (Phi) is 4.06. The van der Waals surface area contributed by atoms with Crippen LogP contribution in [0.5, 0.6) is 0 Å². The number of aryl methyl sites for hydroxylation is 1. The van der Waals surface area contributed by atoms with Crippen molar-refractivity contribution in [1.29, 1.82) is 0 Å². The maximum atomic E-state index is 12.6. The summed E-state index contributed by atoms with van der Waals surface area (Å²) in [5.74, 6) is 0.554. The molecule has 0 aliphatic heterocycles. The third-order valence-electron chi connectivity index (χ3n) is 4.92. The molecule has 3 heteroatoms. The molecule has 0 spiro atoms. The van der Waals surface area contributed by atoms with Crippen molar-refractivity contribution >= 4 is 5.91 Å². The van der Waals surface area contributed by atoms with Crippen LogP contribution in [-0.4, -0.2) is 18.5 Å². The third-order valence-corrected chi connectivity index (χ3v) is 4.92. The Bertz CT molecular complexity index is 498. The Labute approximate surface area is 120 Å². The van der Waals surface area contributed by atoms with Crippen molar-refractivity contribution in [1.82, 2.24) is 5.32 Å². The SMILES string of the molecule is NCC1CCCCC1NC(=O)c1cccc2c1CCC2. The van der Waals surface area contributed by atoms with Gasteiger partial charge in [-0.25, -0.2) is 0 Å². The number of hydrogen-bond donors (Lipinski definition) is 2. The molecule has 2 aliphatic rings. The van der Waals surface area contributed by atoms with Crippen LogP contribution >= 0.6 is 0 Å². The number of nitrogens with one attached hydrogen (secondary N) is 1. The van der Waals surface area contributed by atoms with Gasteiger partial charge in [-0.15, -0.1) is 0 Å². The maximum absolute atomic E-state index is 12.6. The van der Waals surface area contributed by atoms with E-state index in [4.69, 9.17) is 5.73 Å². The first kappa shape index (κ1) is 13.6. The lowest BCUT2D eigenvalue weighted by Crippen LogP contribution is -2.44. The van der Waals surface area contributed by atoms with E-state index in [2.05, 4.69) is 11.4 Å². The molecule has 0 heterocycles. The Morgan fingerprint density at radius 3 is 2.90 bits per heavy atom. The molecule has 108 valence electrons. The van der Waals surface area contributed by atoms with Gasteiger partial charge in [0.15, 0.2) is 0 Å². The van der Waals surface area contributed by atoms with E-state index in [0.29, 0.717) is 12.5 Å². The van der Waals surface area contributed by atoms with Crippen LogP contribution in [0.1, 0.15) is 53.6 Å². The van der Waals surface area contributed by atoms with Gasteiger partial charge in [-0.2, -0.15) is 0 Å². The fourth-order valence-electron chi connectivity index (χ4n) is 3.76. The number of nitrogens with two attached hydrogens (primary N) is 1. The van der Waals surface area contributed by atoms with Crippen LogP contribution in [0.25, 0.3) is 0 Å². The zero-order valence-electron chi connectivity index (χ0n) is 12.0. The minimum Gasteiger partial charge on any atom is -0.349 e. The highest BCUT2D eigenvalue weighted by molar-refractivity contribution is 5.96. The van der Waals surface area contributed by atoms with Crippen molar-refractivity contribution in [3.05, 3.63) is 34.9 Å². The number of rotatable bonds is 3. The van der Waals surface area contributed by atoms with Gasteiger partial charge >= 0.3 is 0 Å². The number of hydrogen-bond acceptors (Lipinski definition) is 2. The molecule has 2 unspecified atom stereocenters. The Morgan fingerprint density at radius 1 is 1.20 bits per heavy atom. The highest BCUT2D eigenvalue weighted by Crippen LogP contribution is 2.27. The number of fused-ring (bicyclic) bond motifs is 1. The summed E-state index contributed by atoms with van der Waals surface area (Å²) in [5.41, 5.74) is 9.36. The molecule has 1 amide bonds. The summed E-state index contributed by atoms with van der Waals surface area (Å²) < 4.78 is 0. The fraction of sp³-hybridized carbons (Fsp3) is 0.588. The molecular formula is C17H24N2O. The van der Waals surface area contributed by atoms with Crippen LogP contribution in [0.2, 0.25) is 0 Å². The molecule has 0 saturated heterocycles. The smallest absolute Gasteiger partial charge is 0.251 e. The van der Waals surface area contributed by atoms with Crippen LogP contribution in [0, 0.1) is 5.92 Å². The van der Waals surface area contributed by atoms with Crippen LogP contribution in [0.15, 0.2) is 18.2 Å². The summed E-state index contributed by atoms with van der Waals surface area (Å²) in [6.07, 6.45) is 8.00. The van der Waals surface area contributed by atoms with Crippen molar-refractivity contribution in [2.24, 2.45) is 11.7 Å². The zero-order valence-corrected chi connectivity index (χ0v) is 12.0. The van der Waals surface area contributed by atoms with Crippen molar-refractivity contribution in [3.63, 3.8) is 0 Å². The van der Waals surface area contributed by atoms with E-state index in [1.807, 2.05) is 12.1 Å². The molecule has 2 atom stereocenters. The quantitative estimate of drug-likeness (QED) is 0.888. The van der Waals surface area contributed by atoms with Gasteiger partial charge in [-0.1, -0.05) is 25.0 Å². The van der Waals surface area contributed by atoms with Crippen LogP contribution in [0.4, 0.5) is 0 Å². The van der Waals surface area contributed by atoms with Crippen LogP contribution in [0.3, 0.4) is 0 Å². The largest absolute Gasteiger partial charge is 0.349 e. The lowest BCUT2D eigenvalue weighted by atomic mass is 9.84. The van der Waals surface area contributed by atoms with Gasteiger partial charge < -0.3 is 11.1 Å². The van der Waals surface area contributed by atoms with Gasteiger partial charge in [0.05, 0.1) is 0 Å². The van der Waals surface area contributed by atoms with Crippen LogP contribution < -0.4 is 11.1 Å². The zero-order chi connectivity index (χ0) is 13.9. The summed E-state index contributed by atoms with van der Waals surface area (Å²) in [7, 11) is 0. The number of carbonyl (C=O) groups is 1. The van der Waals surface area contributed by atoms with Crippen molar-refractivity contribution in [2.75, 3.05) is 6.54 Å². The highest BCUT2D eigenvalue weighted by Gasteiger charge is 2.27. The van der Waals surface area contributed by atoms with E-state index >= 15 is 0 Å². The topological polar surface area (TPSA) is 55.1 Å². The minimum absolute atomic E-state index is 0.106. The fourth-order valence-corrected chi connectivity index (χ4v) is 3.76. The van der Waals surface area contributed by atoms with Gasteiger partial charge in [0.25, 0.3) is 5.91 Å². The molecule has 3 N–H and O–H groups in total. The first-order valence-electron chi connectivity index (χ1n) is 7.91. The van der Waals surface area contributed by atoms with E-state index < -0.39 is 0 Å².